The molecule has 0 amide bonds. The maximum atomic E-state index is 6.73. The Kier molecular flexibility index (Phi) is 10.7. The van der Waals surface area contributed by atoms with Gasteiger partial charge in [-0.25, -0.2) is 4.98 Å². The van der Waals surface area contributed by atoms with Crippen molar-refractivity contribution in [1.82, 2.24) is 14.1 Å². The molecule has 7 heteroatoms. The minimum Gasteiger partial charge on any atom is -0.509 e. The molecule has 3 heterocycles. The van der Waals surface area contributed by atoms with E-state index in [4.69, 9.17) is 9.72 Å². The molecule has 0 radical (unpaired) electrons. The van der Waals surface area contributed by atoms with Gasteiger partial charge in [-0.1, -0.05) is 140 Å². The van der Waals surface area contributed by atoms with E-state index in [0.717, 1.165) is 72.8 Å². The zero-order valence-corrected chi connectivity index (χ0v) is 37.7. The fourth-order valence-electron chi connectivity index (χ4n) is 8.73. The first-order chi connectivity index (χ1) is 29.6. The first kappa shape index (κ1) is 40.8. The fourth-order valence-corrected chi connectivity index (χ4v) is 8.73. The predicted octanol–water partition coefficient (Wildman–Crippen LogP) is 14.8. The van der Waals surface area contributed by atoms with Crippen LogP contribution in [0.4, 0.5) is 22.7 Å². The number of aromatic nitrogens is 3. The second-order valence-corrected chi connectivity index (χ2v) is 16.9. The van der Waals surface area contributed by atoms with Crippen molar-refractivity contribution in [1.29, 1.82) is 0 Å². The number of nitrogens with one attached hydrogen (secondary N) is 1. The van der Waals surface area contributed by atoms with Crippen LogP contribution in [-0.2, 0) is 26.5 Å². The molecule has 10 rings (SSSR count). The van der Waals surface area contributed by atoms with Gasteiger partial charge in [0.25, 0.3) is 0 Å². The Bertz CT molecular complexity index is 3120. The van der Waals surface area contributed by atoms with Crippen LogP contribution in [0, 0.1) is 19.2 Å². The Balaban J connectivity index is 0.00000490. The largest absolute Gasteiger partial charge is 0.509 e. The van der Waals surface area contributed by atoms with Crippen LogP contribution in [0.3, 0.4) is 0 Å². The second kappa shape index (κ2) is 16.3. The molecule has 0 atom stereocenters. The summed E-state index contributed by atoms with van der Waals surface area (Å²) < 4.78 is 11.4. The number of benzene rings is 7. The molecular formula is C55H46N5OPt-3. The van der Waals surface area contributed by atoms with Gasteiger partial charge in [-0.2, -0.15) is 6.07 Å². The van der Waals surface area contributed by atoms with E-state index in [0.29, 0.717) is 11.5 Å². The molecule has 1 N–H and O–H groups in total. The third kappa shape index (κ3) is 7.22. The smallest absolute Gasteiger partial charge is 0.135 e. The van der Waals surface area contributed by atoms with E-state index in [2.05, 4.69) is 184 Å². The standard InChI is InChI=1S/C55H46N5O.Pt/c1-36(2)59-47-28-17-29-48-52(47)53-49(59)34-42(35-50(53)60(48)51-32-39(30-31-56-51)55(3,4)5)61-41-23-15-22-40(33-41)57-45-26-13-14-27-46(45)58(6)54-43(37-18-9-7-10-19-37)24-16-25-44(54)38-20-11-8-12-21-38;/h7-32,34,36,57H,6H2,1-5H3;/q-3;. The van der Waals surface area contributed by atoms with Crippen LogP contribution in [0.25, 0.3) is 60.9 Å². The van der Waals surface area contributed by atoms with Gasteiger partial charge in [-0.15, -0.1) is 30.3 Å². The van der Waals surface area contributed by atoms with Gasteiger partial charge in [0, 0.05) is 78.3 Å². The number of ether oxygens (including phenoxy) is 1. The molecule has 0 aliphatic carbocycles. The quantitative estimate of drug-likeness (QED) is 0.139. The van der Waals surface area contributed by atoms with Gasteiger partial charge in [-0.3, -0.25) is 7.05 Å². The van der Waals surface area contributed by atoms with E-state index in [1.807, 2.05) is 53.6 Å². The molecule has 0 spiro atoms. The summed E-state index contributed by atoms with van der Waals surface area (Å²) in [5.74, 6) is 2.03. The minimum atomic E-state index is -0.0324. The molecule has 0 bridgehead atoms. The van der Waals surface area contributed by atoms with Gasteiger partial charge >= 0.3 is 0 Å². The zero-order chi connectivity index (χ0) is 41.8. The molecule has 0 aliphatic heterocycles. The van der Waals surface area contributed by atoms with E-state index in [1.54, 1.807) is 0 Å². The number of para-hydroxylation sites is 3. The zero-order valence-electron chi connectivity index (χ0n) is 35.4. The van der Waals surface area contributed by atoms with Gasteiger partial charge < -0.3 is 24.1 Å². The molecule has 62 heavy (non-hydrogen) atoms. The van der Waals surface area contributed by atoms with Crippen LogP contribution in [0.2, 0.25) is 0 Å². The molecule has 0 fully saturated rings. The van der Waals surface area contributed by atoms with Gasteiger partial charge in [0.05, 0.1) is 5.69 Å². The van der Waals surface area contributed by atoms with Gasteiger partial charge in [-0.05, 0) is 77.7 Å². The molecule has 0 aliphatic rings. The Hall–Kier alpha value is -6.62. The summed E-state index contributed by atoms with van der Waals surface area (Å²) in [5, 5.41) is 6.03. The number of nitrogens with zero attached hydrogens (tertiary/aromatic N) is 4. The van der Waals surface area contributed by atoms with E-state index >= 15 is 0 Å². The summed E-state index contributed by atoms with van der Waals surface area (Å²) in [4.78, 5) is 6.95. The SMILES string of the molecule is [CH2-]N(c1ccccc1Nc1[c-]c(Oc2[c-]c3c4c5c(cccc5n(C(C)C)c4c2)n3-c2cc(C(C)(C)C)ccn2)ccc1)c1c(-c2ccccc2)cccc1-c1ccccc1.[Pt]. The first-order valence-corrected chi connectivity index (χ1v) is 20.8. The molecule has 0 saturated heterocycles. The number of hydrogen-bond acceptors (Lipinski definition) is 4. The summed E-state index contributed by atoms with van der Waals surface area (Å²) >= 11 is 0. The topological polar surface area (TPSA) is 47.2 Å². The van der Waals surface area contributed by atoms with Crippen LogP contribution in [0.5, 0.6) is 11.5 Å². The van der Waals surface area contributed by atoms with Crippen molar-refractivity contribution in [2.75, 3.05) is 10.2 Å². The Morgan fingerprint density at radius 2 is 1.31 bits per heavy atom. The maximum absolute atomic E-state index is 6.73. The molecule has 7 aromatic carbocycles. The summed E-state index contributed by atoms with van der Waals surface area (Å²) in [6.07, 6.45) is 1.91. The Morgan fingerprint density at radius 1 is 0.661 bits per heavy atom. The first-order valence-electron chi connectivity index (χ1n) is 20.8. The minimum absolute atomic E-state index is 0. The fraction of sp³-hybridized carbons (Fsp3) is 0.127. The van der Waals surface area contributed by atoms with Gasteiger partial charge in [0.1, 0.15) is 5.82 Å². The Morgan fingerprint density at radius 3 is 2.00 bits per heavy atom. The molecule has 0 saturated carbocycles. The average Bonchev–Trinajstić information content (AvgIpc) is 3.80. The molecule has 3 aromatic heterocycles. The summed E-state index contributed by atoms with van der Waals surface area (Å²) in [5.41, 5.74) is 13.5. The van der Waals surface area contributed by atoms with Crippen molar-refractivity contribution >= 4 is 55.6 Å². The van der Waals surface area contributed by atoms with E-state index in [9.17, 15) is 0 Å². The Labute approximate surface area is 378 Å². The molecule has 6 nitrogen and oxygen atoms in total. The monoisotopic (exact) mass is 987 g/mol. The van der Waals surface area contributed by atoms with E-state index < -0.39 is 0 Å². The van der Waals surface area contributed by atoms with Crippen LogP contribution >= 0.6 is 0 Å². The summed E-state index contributed by atoms with van der Waals surface area (Å²) in [6.45, 7) is 11.2. The van der Waals surface area contributed by atoms with Crippen molar-refractivity contribution in [3.05, 3.63) is 189 Å². The third-order valence-electron chi connectivity index (χ3n) is 11.5. The normalized spacial score (nSPS) is 11.7. The number of anilines is 4. The third-order valence-corrected chi connectivity index (χ3v) is 11.5. The van der Waals surface area contributed by atoms with Gasteiger partial charge in [0.2, 0.25) is 0 Å². The average molecular weight is 988 g/mol. The molecule has 10 aromatic rings. The predicted molar refractivity (Wildman–Crippen MR) is 253 cm³/mol. The summed E-state index contributed by atoms with van der Waals surface area (Å²) in [7, 11) is 4.69. The van der Waals surface area contributed by atoms with Crippen LogP contribution in [0.15, 0.2) is 164 Å². The van der Waals surface area contributed by atoms with Crippen LogP contribution < -0.4 is 15.0 Å². The van der Waals surface area contributed by atoms with Crippen molar-refractivity contribution in [2.45, 2.75) is 46.1 Å². The van der Waals surface area contributed by atoms with Crippen molar-refractivity contribution in [3.8, 4) is 39.6 Å². The van der Waals surface area contributed by atoms with Crippen LogP contribution in [0.1, 0.15) is 46.2 Å². The van der Waals surface area contributed by atoms with Crippen molar-refractivity contribution in [2.24, 2.45) is 0 Å². The molecule has 310 valence electrons. The van der Waals surface area contributed by atoms with E-state index in [-0.39, 0.29) is 32.5 Å². The summed E-state index contributed by atoms with van der Waals surface area (Å²) in [6, 6.07) is 62.0. The number of rotatable bonds is 10. The van der Waals surface area contributed by atoms with Gasteiger partial charge in [0.15, 0.2) is 0 Å². The molecule has 0 unspecified atom stereocenters. The molecular weight excluding hydrogens is 942 g/mol. The van der Waals surface area contributed by atoms with Crippen LogP contribution in [-0.4, -0.2) is 14.1 Å². The van der Waals surface area contributed by atoms with E-state index in [1.165, 1.54) is 16.5 Å². The van der Waals surface area contributed by atoms with Crippen molar-refractivity contribution in [3.63, 3.8) is 0 Å². The van der Waals surface area contributed by atoms with Crippen molar-refractivity contribution < 1.29 is 25.8 Å². The maximum Gasteiger partial charge on any atom is 0.135 e. The second-order valence-electron chi connectivity index (χ2n) is 16.9. The number of hydrogen-bond donors (Lipinski definition) is 1. The number of pyridine rings is 1.